The van der Waals surface area contributed by atoms with E-state index in [2.05, 4.69) is 16.7 Å². The number of amides is 2. The minimum atomic E-state index is -0.370. The molecule has 1 aromatic rings. The number of nitrogens with one attached hydrogen (secondary N) is 2. The molecule has 2 rings (SSSR count). The van der Waals surface area contributed by atoms with Crippen LogP contribution in [0.1, 0.15) is 38.5 Å². The Morgan fingerprint density at radius 2 is 2.08 bits per heavy atom. The fourth-order valence-electron chi connectivity index (χ4n) is 2.65. The van der Waals surface area contributed by atoms with Crippen LogP contribution in [0.2, 0.25) is 5.02 Å². The Hall–Kier alpha value is -2.01. The molecule has 5 nitrogen and oxygen atoms in total. The highest BCUT2D eigenvalue weighted by atomic mass is 35.5. The molecule has 0 aromatic heterocycles. The highest BCUT2D eigenvalue weighted by molar-refractivity contribution is 6.32. The van der Waals surface area contributed by atoms with Crippen molar-refractivity contribution in [2.45, 2.75) is 38.5 Å². The first-order valence-electron chi connectivity index (χ1n) is 8.16. The number of hydrogen-bond donors (Lipinski definition) is 2. The second kappa shape index (κ2) is 9.33. The molecule has 0 spiro atoms. The van der Waals surface area contributed by atoms with Crippen molar-refractivity contribution in [3.63, 3.8) is 0 Å². The van der Waals surface area contributed by atoms with Crippen molar-refractivity contribution >= 4 is 29.1 Å². The van der Waals surface area contributed by atoms with Crippen molar-refractivity contribution < 1.29 is 14.3 Å². The molecule has 1 aromatic carbocycles. The van der Waals surface area contributed by atoms with Gasteiger partial charge in [-0.15, -0.1) is 0 Å². The first-order valence-corrected chi connectivity index (χ1v) is 8.54. The lowest BCUT2D eigenvalue weighted by Gasteiger charge is -2.13. The van der Waals surface area contributed by atoms with E-state index < -0.39 is 0 Å². The van der Waals surface area contributed by atoms with Gasteiger partial charge in [-0.2, -0.15) is 0 Å². The molecular formula is C18H23ClN2O3. The van der Waals surface area contributed by atoms with Gasteiger partial charge in [-0.1, -0.05) is 23.3 Å². The van der Waals surface area contributed by atoms with Crippen LogP contribution in [0.15, 0.2) is 29.8 Å². The predicted molar refractivity (Wildman–Crippen MR) is 95.4 cm³/mol. The Kier molecular flexibility index (Phi) is 7.12. The SMILES string of the molecule is COc1ccc(NC(=O)CC(=O)NCCC2=CCCCC2)cc1Cl. The number of methoxy groups -OCH3 is 1. The molecule has 0 bridgehead atoms. The second-order valence-corrected chi connectivity index (χ2v) is 6.19. The van der Waals surface area contributed by atoms with E-state index in [-0.39, 0.29) is 18.2 Å². The van der Waals surface area contributed by atoms with E-state index in [9.17, 15) is 9.59 Å². The molecule has 1 aliphatic carbocycles. The predicted octanol–water partition coefficient (Wildman–Crippen LogP) is 3.68. The number of hydrogen-bond acceptors (Lipinski definition) is 3. The number of rotatable bonds is 7. The van der Waals surface area contributed by atoms with Gasteiger partial charge >= 0.3 is 0 Å². The van der Waals surface area contributed by atoms with Crippen LogP contribution in [-0.2, 0) is 9.59 Å². The largest absolute Gasteiger partial charge is 0.495 e. The van der Waals surface area contributed by atoms with Crippen molar-refractivity contribution in [3.05, 3.63) is 34.9 Å². The van der Waals surface area contributed by atoms with Gasteiger partial charge < -0.3 is 15.4 Å². The number of ether oxygens (including phenoxy) is 1. The molecule has 0 atom stereocenters. The van der Waals surface area contributed by atoms with E-state index in [0.717, 1.165) is 19.3 Å². The van der Waals surface area contributed by atoms with Crippen molar-refractivity contribution in [3.8, 4) is 5.75 Å². The van der Waals surface area contributed by atoms with Gasteiger partial charge in [0.2, 0.25) is 11.8 Å². The summed E-state index contributed by atoms with van der Waals surface area (Å²) < 4.78 is 5.05. The van der Waals surface area contributed by atoms with Crippen LogP contribution in [0.3, 0.4) is 0 Å². The van der Waals surface area contributed by atoms with Crippen molar-refractivity contribution in [1.29, 1.82) is 0 Å². The normalized spacial score (nSPS) is 13.8. The molecule has 2 N–H and O–H groups in total. The summed E-state index contributed by atoms with van der Waals surface area (Å²) in [6.45, 7) is 0.576. The van der Waals surface area contributed by atoms with Crippen molar-refractivity contribution in [2.24, 2.45) is 0 Å². The van der Waals surface area contributed by atoms with Crippen LogP contribution in [0.4, 0.5) is 5.69 Å². The summed E-state index contributed by atoms with van der Waals surface area (Å²) in [5.41, 5.74) is 1.94. The average molecular weight is 351 g/mol. The topological polar surface area (TPSA) is 67.4 Å². The Bertz CT molecular complexity index is 629. The zero-order valence-electron chi connectivity index (χ0n) is 13.9. The third kappa shape index (κ3) is 5.89. The molecule has 1 aliphatic rings. The van der Waals surface area contributed by atoms with Gasteiger partial charge in [-0.05, 0) is 50.3 Å². The quantitative estimate of drug-likeness (QED) is 0.582. The lowest BCUT2D eigenvalue weighted by atomic mass is 9.97. The summed E-state index contributed by atoms with van der Waals surface area (Å²) in [6.07, 6.45) is 7.66. The van der Waals surface area contributed by atoms with Gasteiger partial charge in [0.25, 0.3) is 0 Å². The summed E-state index contributed by atoms with van der Waals surface area (Å²) in [4.78, 5) is 23.7. The molecule has 0 fully saturated rings. The summed E-state index contributed by atoms with van der Waals surface area (Å²) in [5.74, 6) is -0.112. The van der Waals surface area contributed by atoms with Crippen LogP contribution in [0, 0.1) is 0 Å². The molecular weight excluding hydrogens is 328 g/mol. The summed E-state index contributed by atoms with van der Waals surface area (Å²) in [6, 6.07) is 4.93. The van der Waals surface area contributed by atoms with Crippen LogP contribution in [0.5, 0.6) is 5.75 Å². The minimum Gasteiger partial charge on any atom is -0.495 e. The summed E-state index contributed by atoms with van der Waals surface area (Å²) in [5, 5.41) is 5.85. The third-order valence-corrected chi connectivity index (χ3v) is 4.21. The van der Waals surface area contributed by atoms with Crippen LogP contribution < -0.4 is 15.4 Å². The molecule has 0 radical (unpaired) electrons. The van der Waals surface area contributed by atoms with Gasteiger partial charge in [0.05, 0.1) is 12.1 Å². The summed E-state index contributed by atoms with van der Waals surface area (Å²) in [7, 11) is 1.52. The highest BCUT2D eigenvalue weighted by Crippen LogP contribution is 2.27. The number of halogens is 1. The van der Waals surface area contributed by atoms with Crippen molar-refractivity contribution in [2.75, 3.05) is 19.0 Å². The molecule has 0 heterocycles. The molecule has 130 valence electrons. The number of carbonyl (C=O) groups excluding carboxylic acids is 2. The van der Waals surface area contributed by atoms with E-state index >= 15 is 0 Å². The minimum absolute atomic E-state index is 0.206. The zero-order chi connectivity index (χ0) is 17.4. The van der Waals surface area contributed by atoms with Crippen LogP contribution >= 0.6 is 11.6 Å². The Balaban J connectivity index is 1.72. The van der Waals surface area contributed by atoms with E-state index in [1.807, 2.05) is 0 Å². The highest BCUT2D eigenvalue weighted by Gasteiger charge is 2.11. The maximum atomic E-state index is 11.9. The maximum Gasteiger partial charge on any atom is 0.233 e. The average Bonchev–Trinajstić information content (AvgIpc) is 2.56. The van der Waals surface area contributed by atoms with Crippen LogP contribution in [-0.4, -0.2) is 25.5 Å². The smallest absolute Gasteiger partial charge is 0.233 e. The first-order chi connectivity index (χ1) is 11.6. The zero-order valence-corrected chi connectivity index (χ0v) is 14.6. The van der Waals surface area contributed by atoms with Gasteiger partial charge in [0.15, 0.2) is 0 Å². The molecule has 0 aliphatic heterocycles. The fourth-order valence-corrected chi connectivity index (χ4v) is 2.91. The van der Waals surface area contributed by atoms with E-state index in [1.54, 1.807) is 18.2 Å². The maximum absolute atomic E-state index is 11.9. The fraction of sp³-hybridized carbons (Fsp3) is 0.444. The Morgan fingerprint density at radius 1 is 1.25 bits per heavy atom. The van der Waals surface area contributed by atoms with E-state index in [0.29, 0.717) is 23.0 Å². The number of benzene rings is 1. The summed E-state index contributed by atoms with van der Waals surface area (Å²) >= 11 is 6.00. The van der Waals surface area contributed by atoms with Gasteiger partial charge in [-0.25, -0.2) is 0 Å². The van der Waals surface area contributed by atoms with Crippen LogP contribution in [0.25, 0.3) is 0 Å². The molecule has 0 saturated carbocycles. The lowest BCUT2D eigenvalue weighted by molar-refractivity contribution is -0.126. The standard InChI is InChI=1S/C18H23ClN2O3/c1-24-16-8-7-14(11-15(16)19)21-18(23)12-17(22)20-10-9-13-5-3-2-4-6-13/h5,7-8,11H,2-4,6,9-10,12H2,1H3,(H,20,22)(H,21,23). The molecule has 0 unspecified atom stereocenters. The second-order valence-electron chi connectivity index (χ2n) is 5.78. The Labute approximate surface area is 147 Å². The first kappa shape index (κ1) is 18.3. The molecule has 0 saturated heterocycles. The lowest BCUT2D eigenvalue weighted by Crippen LogP contribution is -2.29. The van der Waals surface area contributed by atoms with E-state index in [4.69, 9.17) is 16.3 Å². The number of anilines is 1. The number of carbonyl (C=O) groups is 2. The monoisotopic (exact) mass is 350 g/mol. The van der Waals surface area contributed by atoms with Gasteiger partial charge in [-0.3, -0.25) is 9.59 Å². The Morgan fingerprint density at radius 3 is 2.75 bits per heavy atom. The van der Waals surface area contributed by atoms with Gasteiger partial charge in [0, 0.05) is 12.2 Å². The molecule has 6 heteroatoms. The molecule has 2 amide bonds. The third-order valence-electron chi connectivity index (χ3n) is 3.91. The van der Waals surface area contributed by atoms with E-state index in [1.165, 1.54) is 25.5 Å². The molecule has 24 heavy (non-hydrogen) atoms. The van der Waals surface area contributed by atoms with Crippen molar-refractivity contribution in [1.82, 2.24) is 5.32 Å². The number of allylic oxidation sites excluding steroid dienone is 1. The van der Waals surface area contributed by atoms with Gasteiger partial charge in [0.1, 0.15) is 12.2 Å².